The highest BCUT2D eigenvalue weighted by atomic mass is 35.5. The molecule has 3 heterocycles. The van der Waals surface area contributed by atoms with Gasteiger partial charge in [-0.1, -0.05) is 49.2 Å². The summed E-state index contributed by atoms with van der Waals surface area (Å²) in [7, 11) is 3.16. The molecule has 0 aliphatic carbocycles. The molecule has 3 aromatic heterocycles. The number of halogens is 2. The number of amides is 1. The molecule has 45 heavy (non-hydrogen) atoms. The van der Waals surface area contributed by atoms with E-state index in [2.05, 4.69) is 22.2 Å². The third-order valence-corrected chi connectivity index (χ3v) is 6.77. The minimum absolute atomic E-state index is 0.0723. The fraction of sp³-hybridized carbons (Fsp3) is 0.344. The van der Waals surface area contributed by atoms with Gasteiger partial charge in [0.05, 0.1) is 29.1 Å². The molecule has 0 bridgehead atoms. The minimum atomic E-state index is -0.719. The predicted molar refractivity (Wildman–Crippen MR) is 185 cm³/mol. The monoisotopic (exact) mass is 677 g/mol. The van der Waals surface area contributed by atoms with Crippen LogP contribution >= 0.6 is 35.8 Å². The van der Waals surface area contributed by atoms with E-state index in [9.17, 15) is 9.59 Å². The van der Waals surface area contributed by atoms with Crippen molar-refractivity contribution in [3.8, 4) is 17.3 Å². The summed E-state index contributed by atoms with van der Waals surface area (Å²) in [5.41, 5.74) is 3.61. The van der Waals surface area contributed by atoms with Crippen LogP contribution in [0.1, 0.15) is 62.3 Å². The zero-order valence-electron chi connectivity index (χ0n) is 26.9. The fourth-order valence-electron chi connectivity index (χ4n) is 4.67. The highest BCUT2D eigenvalue weighted by Crippen LogP contribution is 2.39. The van der Waals surface area contributed by atoms with Crippen LogP contribution < -0.4 is 15.2 Å². The van der Waals surface area contributed by atoms with Crippen molar-refractivity contribution in [2.75, 3.05) is 18.3 Å². The molecule has 244 valence electrons. The Hall–Kier alpha value is -3.80. The molecule has 0 radical (unpaired) electrons. The third kappa shape index (κ3) is 9.35. The number of methoxy groups -OCH3 is 1. The van der Waals surface area contributed by atoms with Crippen LogP contribution in [0.2, 0.25) is 10.0 Å². The Morgan fingerprint density at radius 1 is 1.04 bits per heavy atom. The van der Waals surface area contributed by atoms with E-state index in [1.165, 1.54) is 21.7 Å². The van der Waals surface area contributed by atoms with Gasteiger partial charge in [-0.05, 0) is 69.3 Å². The average Bonchev–Trinajstić information content (AvgIpc) is 3.37. The summed E-state index contributed by atoms with van der Waals surface area (Å²) in [6, 6.07) is 9.86. The van der Waals surface area contributed by atoms with E-state index in [4.69, 9.17) is 42.8 Å². The molecule has 0 aliphatic heterocycles. The zero-order valence-corrected chi connectivity index (χ0v) is 29.4. The van der Waals surface area contributed by atoms with Crippen molar-refractivity contribution < 1.29 is 19.4 Å². The van der Waals surface area contributed by atoms with Crippen molar-refractivity contribution in [1.82, 2.24) is 19.1 Å². The molecule has 0 aliphatic rings. The number of thiol groups is 1. The maximum absolute atomic E-state index is 13.2. The number of nitrogens with zero attached hydrogens (tertiary/aromatic N) is 5. The molecule has 1 amide bonds. The van der Waals surface area contributed by atoms with Crippen LogP contribution in [-0.2, 0) is 16.6 Å². The summed E-state index contributed by atoms with van der Waals surface area (Å²) < 4.78 is 8.98. The second-order valence-corrected chi connectivity index (χ2v) is 10.3. The van der Waals surface area contributed by atoms with Gasteiger partial charge in [0, 0.05) is 30.5 Å². The number of carboxylic acid groups (broad SMARTS) is 1. The first-order valence-corrected chi connectivity index (χ1v) is 15.6. The number of aryl methyl sites for hydroxylation is 3. The second kappa shape index (κ2) is 18.9. The van der Waals surface area contributed by atoms with Gasteiger partial charge in [0.1, 0.15) is 17.6 Å². The number of pyridine rings is 2. The van der Waals surface area contributed by atoms with Crippen molar-refractivity contribution in [3.05, 3.63) is 91.7 Å². The molecular formula is C32H41Cl2N5O5S. The summed E-state index contributed by atoms with van der Waals surface area (Å²) >= 11 is 16.1. The number of rotatable bonds is 8. The molecular weight excluding hydrogens is 637 g/mol. The summed E-state index contributed by atoms with van der Waals surface area (Å²) in [5.74, 6) is 1.08. The Morgan fingerprint density at radius 3 is 2.13 bits per heavy atom. The van der Waals surface area contributed by atoms with Crippen molar-refractivity contribution in [2.24, 2.45) is 7.05 Å². The zero-order chi connectivity index (χ0) is 34.4. The Kier molecular flexibility index (Phi) is 16.5. The topological polar surface area (TPSA) is 120 Å². The van der Waals surface area contributed by atoms with Crippen LogP contribution in [-0.4, -0.2) is 50.5 Å². The largest absolute Gasteiger partial charge is 0.483 e. The van der Waals surface area contributed by atoms with E-state index < -0.39 is 6.04 Å². The lowest BCUT2D eigenvalue weighted by Crippen LogP contribution is -2.36. The van der Waals surface area contributed by atoms with E-state index in [0.29, 0.717) is 33.9 Å². The van der Waals surface area contributed by atoms with Crippen molar-refractivity contribution in [3.63, 3.8) is 0 Å². The molecule has 0 fully saturated rings. The number of imidazole rings is 1. The van der Waals surface area contributed by atoms with Gasteiger partial charge in [0.25, 0.3) is 12.0 Å². The molecule has 10 nitrogen and oxygen atoms in total. The van der Waals surface area contributed by atoms with Crippen LogP contribution in [0, 0.1) is 13.8 Å². The van der Waals surface area contributed by atoms with Gasteiger partial charge < -0.3 is 19.0 Å². The number of anilines is 1. The Bertz CT molecular complexity index is 1610. The number of hydrogen-bond donors (Lipinski definition) is 2. The summed E-state index contributed by atoms with van der Waals surface area (Å²) in [5, 5.41) is 7.77. The molecule has 1 aromatic carbocycles. The first-order valence-electron chi connectivity index (χ1n) is 14.0. The van der Waals surface area contributed by atoms with E-state index in [-0.39, 0.29) is 23.8 Å². The summed E-state index contributed by atoms with van der Waals surface area (Å²) in [6.07, 6.45) is 5.59. The molecule has 13 heteroatoms. The van der Waals surface area contributed by atoms with Gasteiger partial charge in [-0.3, -0.25) is 19.3 Å². The minimum Gasteiger partial charge on any atom is -0.483 e. The Labute approximate surface area is 280 Å². The summed E-state index contributed by atoms with van der Waals surface area (Å²) in [4.78, 5) is 45.2. The number of hydrogen-bond acceptors (Lipinski definition) is 7. The molecule has 0 saturated heterocycles. The van der Waals surface area contributed by atoms with Crippen molar-refractivity contribution in [2.45, 2.75) is 53.6 Å². The van der Waals surface area contributed by atoms with Crippen molar-refractivity contribution >= 4 is 54.4 Å². The smallest absolute Gasteiger partial charge is 0.290 e. The quantitative estimate of drug-likeness (QED) is 0.150. The number of aromatic nitrogens is 4. The summed E-state index contributed by atoms with van der Waals surface area (Å²) in [6.45, 7) is 11.7. The average molecular weight is 679 g/mol. The standard InChI is InChI=1S/C28H29Cl2N5O3.C2H6.CH2O2.CH4S/c1-16(2)35-24(18(4)32-26(35)22-11-17(3)13-31-27(22)38-6)25(19-7-9-20(29)10-8-19)34(15-36)23-12-21(30)14-33(5)28(23)37;1-2;2-1-3;1-2/h7-16,25H,1-6H3;1-2H3;1H,(H,2,3);2H,1H3. The van der Waals surface area contributed by atoms with E-state index in [1.54, 1.807) is 38.7 Å². The molecule has 1 unspecified atom stereocenters. The first kappa shape index (κ1) is 39.2. The maximum atomic E-state index is 13.2. The lowest BCUT2D eigenvalue weighted by Gasteiger charge is -2.31. The van der Waals surface area contributed by atoms with Crippen LogP contribution in [0.4, 0.5) is 5.69 Å². The number of benzene rings is 1. The van der Waals surface area contributed by atoms with Gasteiger partial charge in [-0.25, -0.2) is 9.97 Å². The van der Waals surface area contributed by atoms with Gasteiger partial charge in [-0.2, -0.15) is 12.6 Å². The maximum Gasteiger partial charge on any atom is 0.290 e. The molecule has 4 aromatic rings. The Balaban J connectivity index is 0.00000134. The van der Waals surface area contributed by atoms with E-state index in [0.717, 1.165) is 22.4 Å². The molecule has 0 saturated carbocycles. The molecule has 1 N–H and O–H groups in total. The Morgan fingerprint density at radius 2 is 1.62 bits per heavy atom. The lowest BCUT2D eigenvalue weighted by atomic mass is 9.99. The van der Waals surface area contributed by atoms with Gasteiger partial charge >= 0.3 is 0 Å². The van der Waals surface area contributed by atoms with Gasteiger partial charge in [0.15, 0.2) is 0 Å². The van der Waals surface area contributed by atoms with E-state index >= 15 is 0 Å². The normalized spacial score (nSPS) is 10.7. The SMILES string of the molecule is CC.COc1ncc(C)cc1-c1nc(C)c(C(c2ccc(Cl)cc2)N(C=O)c2cc(Cl)cn(C)c2=O)n1C(C)C.CS.O=CO. The predicted octanol–water partition coefficient (Wildman–Crippen LogP) is 7.18. The van der Waals surface area contributed by atoms with Gasteiger partial charge in [0.2, 0.25) is 12.3 Å². The first-order chi connectivity index (χ1) is 21.5. The van der Waals surface area contributed by atoms with Crippen molar-refractivity contribution in [1.29, 1.82) is 0 Å². The highest BCUT2D eigenvalue weighted by molar-refractivity contribution is 7.79. The lowest BCUT2D eigenvalue weighted by molar-refractivity contribution is -0.122. The third-order valence-electron chi connectivity index (χ3n) is 6.32. The molecule has 4 rings (SSSR count). The van der Waals surface area contributed by atoms with E-state index in [1.807, 2.05) is 59.7 Å². The number of ether oxygens (including phenoxy) is 1. The number of carbonyl (C=O) groups is 2. The van der Waals surface area contributed by atoms with Gasteiger partial charge in [-0.15, -0.1) is 0 Å². The van der Waals surface area contributed by atoms with Crippen LogP contribution in [0.5, 0.6) is 5.88 Å². The number of carbonyl (C=O) groups excluding carboxylic acids is 1. The van der Waals surface area contributed by atoms with Crippen LogP contribution in [0.3, 0.4) is 0 Å². The highest BCUT2D eigenvalue weighted by Gasteiger charge is 2.33. The molecule has 0 spiro atoms. The van der Waals surface area contributed by atoms with Crippen LogP contribution in [0.25, 0.3) is 11.4 Å². The fourth-order valence-corrected chi connectivity index (χ4v) is 5.05. The van der Waals surface area contributed by atoms with Crippen LogP contribution in [0.15, 0.2) is 53.6 Å². The molecule has 1 atom stereocenters. The second-order valence-electron chi connectivity index (χ2n) is 9.47.